The van der Waals surface area contributed by atoms with Crippen molar-refractivity contribution < 1.29 is 9.53 Å². The summed E-state index contributed by atoms with van der Waals surface area (Å²) < 4.78 is 5.19. The highest BCUT2D eigenvalue weighted by atomic mass is 16.5. The zero-order valence-corrected chi connectivity index (χ0v) is 13.2. The first-order valence-corrected chi connectivity index (χ1v) is 7.52. The zero-order valence-electron chi connectivity index (χ0n) is 13.2. The minimum atomic E-state index is 0.156. The van der Waals surface area contributed by atoms with Crippen LogP contribution in [0, 0.1) is 0 Å². The fourth-order valence-electron chi connectivity index (χ4n) is 2.62. The molecule has 0 aliphatic carbocycles. The molecule has 6 heteroatoms. The number of ether oxygens (including phenoxy) is 1. The lowest BCUT2D eigenvalue weighted by Crippen LogP contribution is -2.48. The van der Waals surface area contributed by atoms with Gasteiger partial charge in [0.1, 0.15) is 5.75 Å². The smallest absolute Gasteiger partial charge is 0.226 e. The second-order valence-corrected chi connectivity index (χ2v) is 5.44. The van der Waals surface area contributed by atoms with E-state index >= 15 is 0 Å². The van der Waals surface area contributed by atoms with E-state index in [-0.39, 0.29) is 5.91 Å². The van der Waals surface area contributed by atoms with Crippen molar-refractivity contribution in [3.05, 3.63) is 29.8 Å². The molecule has 0 saturated carbocycles. The molecule has 120 valence electrons. The number of likely N-dealkylation sites (tertiary alicyclic amines) is 1. The molecule has 1 aromatic carbocycles. The maximum absolute atomic E-state index is 12.4. The highest BCUT2D eigenvalue weighted by Gasteiger charge is 2.23. The second-order valence-electron chi connectivity index (χ2n) is 5.44. The van der Waals surface area contributed by atoms with Crippen LogP contribution in [0.3, 0.4) is 0 Å². The lowest BCUT2D eigenvalue weighted by molar-refractivity contribution is -0.131. The fraction of sp³-hybridized carbons (Fsp3) is 0.500. The number of nitrogens with one attached hydrogen (secondary N) is 1. The van der Waals surface area contributed by atoms with Gasteiger partial charge in [-0.3, -0.25) is 9.79 Å². The molecule has 2 rings (SSSR count). The lowest BCUT2D eigenvalue weighted by atomic mass is 10.0. The van der Waals surface area contributed by atoms with Crippen LogP contribution in [0.4, 0.5) is 0 Å². The monoisotopic (exact) mass is 304 g/mol. The van der Waals surface area contributed by atoms with Gasteiger partial charge in [-0.25, -0.2) is 0 Å². The number of carbonyl (C=O) groups excluding carboxylic acids is 1. The van der Waals surface area contributed by atoms with Crippen LogP contribution in [-0.2, 0) is 11.2 Å². The number of nitrogens with zero attached hydrogens (tertiary/aromatic N) is 2. The first kappa shape index (κ1) is 16.1. The van der Waals surface area contributed by atoms with Gasteiger partial charge in [0, 0.05) is 26.2 Å². The molecule has 0 bridgehead atoms. The van der Waals surface area contributed by atoms with Gasteiger partial charge in [0.05, 0.1) is 13.5 Å². The summed E-state index contributed by atoms with van der Waals surface area (Å²) in [6.07, 6.45) is 2.19. The summed E-state index contributed by atoms with van der Waals surface area (Å²) >= 11 is 0. The lowest BCUT2D eigenvalue weighted by Gasteiger charge is -2.32. The van der Waals surface area contributed by atoms with E-state index in [0.717, 1.165) is 37.2 Å². The van der Waals surface area contributed by atoms with Gasteiger partial charge in [-0.2, -0.15) is 0 Å². The van der Waals surface area contributed by atoms with Crippen molar-refractivity contribution in [3.8, 4) is 5.75 Å². The van der Waals surface area contributed by atoms with Crippen molar-refractivity contribution in [1.82, 2.24) is 10.2 Å². The minimum Gasteiger partial charge on any atom is -0.497 e. The Morgan fingerprint density at radius 2 is 2.18 bits per heavy atom. The van der Waals surface area contributed by atoms with Crippen LogP contribution < -0.4 is 15.8 Å². The van der Waals surface area contributed by atoms with Gasteiger partial charge < -0.3 is 20.7 Å². The van der Waals surface area contributed by atoms with Crippen LogP contribution in [0.2, 0.25) is 0 Å². The van der Waals surface area contributed by atoms with Crippen molar-refractivity contribution in [1.29, 1.82) is 0 Å². The van der Waals surface area contributed by atoms with Crippen molar-refractivity contribution in [2.75, 3.05) is 27.2 Å². The Labute approximate surface area is 131 Å². The highest BCUT2D eigenvalue weighted by molar-refractivity contribution is 5.79. The Hall–Kier alpha value is -2.24. The average Bonchev–Trinajstić information content (AvgIpc) is 2.55. The van der Waals surface area contributed by atoms with E-state index in [9.17, 15) is 4.79 Å². The molecule has 1 aromatic rings. The van der Waals surface area contributed by atoms with Gasteiger partial charge >= 0.3 is 0 Å². The number of hydrogen-bond donors (Lipinski definition) is 2. The Kier molecular flexibility index (Phi) is 5.63. The van der Waals surface area contributed by atoms with E-state index in [1.165, 1.54) is 0 Å². The van der Waals surface area contributed by atoms with Crippen LogP contribution in [0.5, 0.6) is 5.75 Å². The molecule has 1 heterocycles. The number of piperidine rings is 1. The summed E-state index contributed by atoms with van der Waals surface area (Å²) in [5, 5.41) is 3.17. The predicted molar refractivity (Wildman–Crippen MR) is 87.0 cm³/mol. The summed E-state index contributed by atoms with van der Waals surface area (Å²) in [7, 11) is 3.29. The van der Waals surface area contributed by atoms with Crippen molar-refractivity contribution in [2.24, 2.45) is 10.7 Å². The van der Waals surface area contributed by atoms with Crippen molar-refractivity contribution in [3.63, 3.8) is 0 Å². The Balaban J connectivity index is 1.84. The number of carbonyl (C=O) groups is 1. The van der Waals surface area contributed by atoms with Gasteiger partial charge in [0.2, 0.25) is 5.91 Å². The summed E-state index contributed by atoms with van der Waals surface area (Å²) in [5.41, 5.74) is 6.65. The van der Waals surface area contributed by atoms with Crippen LogP contribution in [0.15, 0.2) is 29.3 Å². The summed E-state index contributed by atoms with van der Waals surface area (Å²) in [6.45, 7) is 1.49. The number of methoxy groups -OCH3 is 1. The van der Waals surface area contributed by atoms with Crippen LogP contribution in [0.25, 0.3) is 0 Å². The third-order valence-corrected chi connectivity index (χ3v) is 3.93. The molecule has 1 saturated heterocycles. The third-order valence-electron chi connectivity index (χ3n) is 3.93. The molecule has 22 heavy (non-hydrogen) atoms. The Morgan fingerprint density at radius 3 is 2.82 bits per heavy atom. The SMILES string of the molecule is CN=C(N)NC1CCN(C(=O)Cc2cccc(OC)c2)CC1. The largest absolute Gasteiger partial charge is 0.497 e. The van der Waals surface area contributed by atoms with Gasteiger partial charge in [-0.05, 0) is 30.5 Å². The number of guanidine groups is 1. The summed E-state index contributed by atoms with van der Waals surface area (Å²) in [6, 6.07) is 7.94. The molecule has 6 nitrogen and oxygen atoms in total. The molecule has 3 N–H and O–H groups in total. The molecule has 0 unspecified atom stereocenters. The van der Waals surface area contributed by atoms with Crippen molar-refractivity contribution in [2.45, 2.75) is 25.3 Å². The van der Waals surface area contributed by atoms with E-state index < -0.39 is 0 Å². The molecule has 0 aromatic heterocycles. The van der Waals surface area contributed by atoms with E-state index in [0.29, 0.717) is 18.4 Å². The molecular weight excluding hydrogens is 280 g/mol. The molecule has 1 aliphatic rings. The number of rotatable bonds is 4. The molecule has 0 spiro atoms. The topological polar surface area (TPSA) is 80.0 Å². The zero-order chi connectivity index (χ0) is 15.9. The number of nitrogens with two attached hydrogens (primary N) is 1. The third kappa shape index (κ3) is 4.38. The summed E-state index contributed by atoms with van der Waals surface area (Å²) in [4.78, 5) is 18.2. The molecular formula is C16H24N4O2. The van der Waals surface area contributed by atoms with E-state index in [1.807, 2.05) is 29.2 Å². The normalized spacial score (nSPS) is 16.5. The van der Waals surface area contributed by atoms with E-state index in [1.54, 1.807) is 14.2 Å². The first-order valence-electron chi connectivity index (χ1n) is 7.52. The van der Waals surface area contributed by atoms with Crippen molar-refractivity contribution >= 4 is 11.9 Å². The maximum atomic E-state index is 12.4. The molecule has 1 fully saturated rings. The quantitative estimate of drug-likeness (QED) is 0.636. The average molecular weight is 304 g/mol. The number of aliphatic imine (C=N–C) groups is 1. The second kappa shape index (κ2) is 7.68. The maximum Gasteiger partial charge on any atom is 0.226 e. The first-order chi connectivity index (χ1) is 10.6. The van der Waals surface area contributed by atoms with Crippen LogP contribution >= 0.6 is 0 Å². The molecule has 1 amide bonds. The molecule has 1 aliphatic heterocycles. The number of benzene rings is 1. The summed E-state index contributed by atoms with van der Waals surface area (Å²) in [5.74, 6) is 1.40. The predicted octanol–water partition coefficient (Wildman–Crippen LogP) is 0.763. The van der Waals surface area contributed by atoms with E-state index in [4.69, 9.17) is 10.5 Å². The van der Waals surface area contributed by atoms with Gasteiger partial charge in [0.15, 0.2) is 5.96 Å². The van der Waals surface area contributed by atoms with Gasteiger partial charge in [0.25, 0.3) is 0 Å². The van der Waals surface area contributed by atoms with Gasteiger partial charge in [-0.1, -0.05) is 12.1 Å². The van der Waals surface area contributed by atoms with Gasteiger partial charge in [-0.15, -0.1) is 0 Å². The van der Waals surface area contributed by atoms with E-state index in [2.05, 4.69) is 10.3 Å². The highest BCUT2D eigenvalue weighted by Crippen LogP contribution is 2.16. The molecule has 0 atom stereocenters. The fourth-order valence-corrected chi connectivity index (χ4v) is 2.62. The minimum absolute atomic E-state index is 0.156. The Morgan fingerprint density at radius 1 is 1.45 bits per heavy atom. The van der Waals surface area contributed by atoms with Crippen LogP contribution in [0.1, 0.15) is 18.4 Å². The molecule has 0 radical (unpaired) electrons. The Bertz CT molecular complexity index is 537. The standard InChI is InChI=1S/C16H24N4O2/c1-18-16(17)19-13-6-8-20(9-7-13)15(21)11-12-4-3-5-14(10-12)22-2/h3-5,10,13H,6-9,11H2,1-2H3,(H3,17,18,19). The van der Waals surface area contributed by atoms with Crippen LogP contribution in [-0.4, -0.2) is 50.1 Å². The number of amides is 1. The number of hydrogen-bond acceptors (Lipinski definition) is 3.